The Morgan fingerprint density at radius 1 is 1.08 bits per heavy atom. The van der Waals surface area contributed by atoms with Crippen LogP contribution in [0.1, 0.15) is 18.9 Å². The lowest BCUT2D eigenvalue weighted by Gasteiger charge is -2.17. The quantitative estimate of drug-likeness (QED) is 0.554. The molecular formula is C16H21N3O5. The van der Waals surface area contributed by atoms with Crippen molar-refractivity contribution in [2.24, 2.45) is 0 Å². The van der Waals surface area contributed by atoms with Crippen molar-refractivity contribution in [2.75, 3.05) is 13.7 Å². The minimum absolute atomic E-state index is 0.263. The van der Waals surface area contributed by atoms with Gasteiger partial charge in [-0.2, -0.15) is 0 Å². The summed E-state index contributed by atoms with van der Waals surface area (Å²) in [6.07, 6.45) is -0.303. The second-order valence-electron chi connectivity index (χ2n) is 5.01. The fraction of sp³-hybridized carbons (Fsp3) is 0.375. The first-order chi connectivity index (χ1) is 11.4. The zero-order valence-corrected chi connectivity index (χ0v) is 13.6. The summed E-state index contributed by atoms with van der Waals surface area (Å²) in [6.45, 7) is 1.25. The van der Waals surface area contributed by atoms with Gasteiger partial charge in [-0.05, 0) is 5.56 Å². The summed E-state index contributed by atoms with van der Waals surface area (Å²) in [4.78, 5) is 46.2. The van der Waals surface area contributed by atoms with Gasteiger partial charge in [0.25, 0.3) is 0 Å². The van der Waals surface area contributed by atoms with Crippen LogP contribution in [0, 0.1) is 0 Å². The fourth-order valence-corrected chi connectivity index (χ4v) is 1.82. The first-order valence-corrected chi connectivity index (χ1v) is 7.34. The van der Waals surface area contributed by atoms with Gasteiger partial charge in [0.15, 0.2) is 0 Å². The number of nitrogens with one attached hydrogen (secondary N) is 3. The summed E-state index contributed by atoms with van der Waals surface area (Å²) < 4.78 is 4.53. The molecular weight excluding hydrogens is 314 g/mol. The van der Waals surface area contributed by atoms with E-state index in [0.717, 1.165) is 5.56 Å². The Morgan fingerprint density at radius 2 is 1.75 bits per heavy atom. The van der Waals surface area contributed by atoms with Gasteiger partial charge in [0.2, 0.25) is 17.7 Å². The summed E-state index contributed by atoms with van der Waals surface area (Å²) in [7, 11) is 1.19. The monoisotopic (exact) mass is 335 g/mol. The highest BCUT2D eigenvalue weighted by molar-refractivity contribution is 5.92. The maximum absolute atomic E-state index is 12.2. The van der Waals surface area contributed by atoms with E-state index in [0.29, 0.717) is 0 Å². The van der Waals surface area contributed by atoms with Crippen LogP contribution in [0.25, 0.3) is 0 Å². The Balaban J connectivity index is 2.62. The molecule has 0 unspecified atom stereocenters. The second-order valence-corrected chi connectivity index (χ2v) is 5.01. The van der Waals surface area contributed by atoms with Gasteiger partial charge in [0.05, 0.1) is 20.1 Å². The summed E-state index contributed by atoms with van der Waals surface area (Å²) in [5.74, 6) is -2.09. The highest BCUT2D eigenvalue weighted by atomic mass is 16.5. The summed E-state index contributed by atoms with van der Waals surface area (Å²) in [5.41, 5.74) is 0.882. The largest absolute Gasteiger partial charge is 0.469 e. The number of ether oxygens (including phenoxy) is 1. The van der Waals surface area contributed by atoms with E-state index in [2.05, 4.69) is 20.7 Å². The molecule has 0 bridgehead atoms. The van der Waals surface area contributed by atoms with E-state index in [-0.39, 0.29) is 25.4 Å². The van der Waals surface area contributed by atoms with Gasteiger partial charge in [-0.15, -0.1) is 0 Å². The molecule has 8 nitrogen and oxygen atoms in total. The zero-order chi connectivity index (χ0) is 17.9. The first kappa shape index (κ1) is 19.1. The van der Waals surface area contributed by atoms with Crippen LogP contribution in [-0.4, -0.2) is 43.4 Å². The third-order valence-corrected chi connectivity index (χ3v) is 3.06. The Kier molecular flexibility index (Phi) is 7.97. The van der Waals surface area contributed by atoms with E-state index in [9.17, 15) is 19.2 Å². The third kappa shape index (κ3) is 7.39. The van der Waals surface area contributed by atoms with Gasteiger partial charge in [0, 0.05) is 13.5 Å². The molecule has 1 aromatic carbocycles. The zero-order valence-electron chi connectivity index (χ0n) is 13.6. The number of hydrogen-bond donors (Lipinski definition) is 3. The van der Waals surface area contributed by atoms with Crippen LogP contribution >= 0.6 is 0 Å². The van der Waals surface area contributed by atoms with E-state index in [1.165, 1.54) is 14.0 Å². The molecule has 1 atom stereocenters. The van der Waals surface area contributed by atoms with Crippen molar-refractivity contribution < 1.29 is 23.9 Å². The lowest BCUT2D eigenvalue weighted by atomic mass is 10.1. The van der Waals surface area contributed by atoms with Crippen LogP contribution in [-0.2, 0) is 30.5 Å². The van der Waals surface area contributed by atoms with E-state index >= 15 is 0 Å². The van der Waals surface area contributed by atoms with E-state index in [4.69, 9.17) is 0 Å². The maximum Gasteiger partial charge on any atom is 0.308 e. The Labute approximate surface area is 139 Å². The smallest absolute Gasteiger partial charge is 0.308 e. The van der Waals surface area contributed by atoms with Crippen LogP contribution in [0.2, 0.25) is 0 Å². The van der Waals surface area contributed by atoms with Crippen molar-refractivity contribution in [3.63, 3.8) is 0 Å². The molecule has 0 aliphatic heterocycles. The van der Waals surface area contributed by atoms with Crippen molar-refractivity contribution in [3.8, 4) is 0 Å². The van der Waals surface area contributed by atoms with Crippen LogP contribution < -0.4 is 16.0 Å². The SMILES string of the molecule is COC(=O)C[C@@H](NC(=O)CNC(C)=O)C(=O)NCc1ccccc1. The number of methoxy groups -OCH3 is 1. The number of rotatable bonds is 8. The van der Waals surface area contributed by atoms with Gasteiger partial charge in [-0.25, -0.2) is 0 Å². The minimum Gasteiger partial charge on any atom is -0.469 e. The lowest BCUT2D eigenvalue weighted by Crippen LogP contribution is -2.50. The van der Waals surface area contributed by atoms with Crippen molar-refractivity contribution in [1.29, 1.82) is 0 Å². The first-order valence-electron chi connectivity index (χ1n) is 7.34. The molecule has 0 saturated heterocycles. The molecule has 1 rings (SSSR count). The number of benzene rings is 1. The third-order valence-electron chi connectivity index (χ3n) is 3.06. The normalized spacial score (nSPS) is 11.1. The molecule has 0 aromatic heterocycles. The highest BCUT2D eigenvalue weighted by Crippen LogP contribution is 2.00. The standard InChI is InChI=1S/C16H21N3O5/c1-11(20)17-10-14(21)19-13(8-15(22)24-2)16(23)18-9-12-6-4-3-5-7-12/h3-7,13H,8-10H2,1-2H3,(H,17,20)(H,18,23)(H,19,21)/t13-/m1/s1. The molecule has 0 spiro atoms. The van der Waals surface area contributed by atoms with Crippen LogP contribution in [0.4, 0.5) is 0 Å². The Morgan fingerprint density at radius 3 is 2.33 bits per heavy atom. The molecule has 0 aliphatic rings. The predicted octanol–water partition coefficient (Wildman–Crippen LogP) is -0.513. The van der Waals surface area contributed by atoms with Crippen LogP contribution in [0.5, 0.6) is 0 Å². The van der Waals surface area contributed by atoms with Crippen LogP contribution in [0.15, 0.2) is 30.3 Å². The molecule has 0 aliphatic carbocycles. The molecule has 8 heteroatoms. The molecule has 3 N–H and O–H groups in total. The molecule has 0 fully saturated rings. The van der Waals surface area contributed by atoms with Gasteiger partial charge >= 0.3 is 5.97 Å². The van der Waals surface area contributed by atoms with Crippen molar-refractivity contribution in [3.05, 3.63) is 35.9 Å². The van der Waals surface area contributed by atoms with Gasteiger partial charge in [-0.3, -0.25) is 19.2 Å². The maximum atomic E-state index is 12.2. The second kappa shape index (κ2) is 9.98. The lowest BCUT2D eigenvalue weighted by molar-refractivity contribution is -0.143. The Bertz CT molecular complexity index is 589. The number of carbonyl (C=O) groups excluding carboxylic acids is 4. The fourth-order valence-electron chi connectivity index (χ4n) is 1.82. The Hall–Kier alpha value is -2.90. The number of esters is 1. The number of amides is 3. The summed E-state index contributed by atoms with van der Waals surface area (Å²) in [5, 5.41) is 7.37. The number of carbonyl (C=O) groups is 4. The molecule has 1 aromatic rings. The van der Waals surface area contributed by atoms with Crippen molar-refractivity contribution in [2.45, 2.75) is 25.9 Å². The summed E-state index contributed by atoms with van der Waals surface area (Å²) in [6, 6.07) is 8.12. The van der Waals surface area contributed by atoms with E-state index in [1.807, 2.05) is 30.3 Å². The average Bonchev–Trinajstić information content (AvgIpc) is 2.58. The summed E-state index contributed by atoms with van der Waals surface area (Å²) >= 11 is 0. The molecule has 3 amide bonds. The van der Waals surface area contributed by atoms with Crippen LogP contribution in [0.3, 0.4) is 0 Å². The van der Waals surface area contributed by atoms with E-state index in [1.54, 1.807) is 0 Å². The topological polar surface area (TPSA) is 114 Å². The van der Waals surface area contributed by atoms with Gasteiger partial charge < -0.3 is 20.7 Å². The average molecular weight is 335 g/mol. The molecule has 0 radical (unpaired) electrons. The van der Waals surface area contributed by atoms with Crippen molar-refractivity contribution >= 4 is 23.7 Å². The minimum atomic E-state index is -1.08. The molecule has 24 heavy (non-hydrogen) atoms. The highest BCUT2D eigenvalue weighted by Gasteiger charge is 2.24. The van der Waals surface area contributed by atoms with E-state index < -0.39 is 23.8 Å². The molecule has 0 heterocycles. The number of hydrogen-bond acceptors (Lipinski definition) is 5. The van der Waals surface area contributed by atoms with Gasteiger partial charge in [0.1, 0.15) is 6.04 Å². The molecule has 0 saturated carbocycles. The van der Waals surface area contributed by atoms with Crippen molar-refractivity contribution in [1.82, 2.24) is 16.0 Å². The van der Waals surface area contributed by atoms with Gasteiger partial charge in [-0.1, -0.05) is 30.3 Å². The molecule has 130 valence electrons. The predicted molar refractivity (Wildman–Crippen MR) is 85.5 cm³/mol.